The molecule has 0 heterocycles. The van der Waals surface area contributed by atoms with Crippen molar-refractivity contribution in [3.63, 3.8) is 0 Å². The van der Waals surface area contributed by atoms with Gasteiger partial charge in [-0.25, -0.2) is 8.42 Å². The summed E-state index contributed by atoms with van der Waals surface area (Å²) < 4.78 is 36.5. The first-order valence-electron chi connectivity index (χ1n) is 9.63. The molecule has 0 aliphatic heterocycles. The highest BCUT2D eigenvalue weighted by atomic mass is 35.5. The lowest BCUT2D eigenvalue weighted by Gasteiger charge is -2.23. The Morgan fingerprint density at radius 3 is 2.09 bits per heavy atom. The second-order valence-corrected chi connectivity index (χ2v) is 9.30. The molecule has 0 radical (unpaired) electrons. The molecule has 1 N–H and O–H groups in total. The Bertz CT molecular complexity index is 1150. The zero-order chi connectivity index (χ0) is 23.1. The zero-order valence-electron chi connectivity index (χ0n) is 17.6. The van der Waals surface area contributed by atoms with Gasteiger partial charge in [0.25, 0.3) is 5.91 Å². The number of carbonyl (C=O) groups excluding carboxylic acids is 1. The lowest BCUT2D eigenvalue weighted by Crippen LogP contribution is -2.29. The Kier molecular flexibility index (Phi) is 7.61. The highest BCUT2D eigenvalue weighted by Gasteiger charge is 2.18. The molecule has 0 fully saturated rings. The average Bonchev–Trinajstić information content (AvgIpc) is 2.77. The lowest BCUT2D eigenvalue weighted by atomic mass is 10.2. The quantitative estimate of drug-likeness (QED) is 0.499. The summed E-state index contributed by atoms with van der Waals surface area (Å²) in [6, 6.07) is 20.4. The summed E-state index contributed by atoms with van der Waals surface area (Å²) in [5, 5.41) is 3.31. The molecular weight excluding hydrogens is 452 g/mol. The third kappa shape index (κ3) is 6.63. The van der Waals surface area contributed by atoms with Gasteiger partial charge in [-0.05, 0) is 66.2 Å². The number of anilines is 2. The molecule has 168 valence electrons. The summed E-state index contributed by atoms with van der Waals surface area (Å²) in [4.78, 5) is 12.1. The van der Waals surface area contributed by atoms with Crippen LogP contribution in [0.3, 0.4) is 0 Å². The fourth-order valence-corrected chi connectivity index (χ4v) is 3.90. The third-order valence-corrected chi connectivity index (χ3v) is 5.90. The smallest absolute Gasteiger partial charge is 0.262 e. The molecule has 32 heavy (non-hydrogen) atoms. The van der Waals surface area contributed by atoms with Gasteiger partial charge in [-0.2, -0.15) is 0 Å². The standard InChI is InChI=1S/C23H23ClN2O5S/c1-30-21-11-7-19(8-12-21)25-23(27)16-31-22-13-9-20(10-14-22)26(32(2,28)29)15-17-3-5-18(24)6-4-17/h3-14H,15-16H2,1-2H3,(H,25,27). The van der Waals surface area contributed by atoms with E-state index in [9.17, 15) is 13.2 Å². The molecule has 0 bridgehead atoms. The van der Waals surface area contributed by atoms with Gasteiger partial charge in [-0.15, -0.1) is 0 Å². The monoisotopic (exact) mass is 474 g/mol. The first-order chi connectivity index (χ1) is 15.2. The number of hydrogen-bond acceptors (Lipinski definition) is 5. The van der Waals surface area contributed by atoms with Crippen LogP contribution in [-0.2, 0) is 21.4 Å². The van der Waals surface area contributed by atoms with Gasteiger partial charge >= 0.3 is 0 Å². The van der Waals surface area contributed by atoms with E-state index in [0.29, 0.717) is 27.9 Å². The SMILES string of the molecule is COc1ccc(NC(=O)COc2ccc(N(Cc3ccc(Cl)cc3)S(C)(=O)=O)cc2)cc1. The van der Waals surface area contributed by atoms with E-state index in [-0.39, 0.29) is 19.1 Å². The minimum atomic E-state index is -3.52. The van der Waals surface area contributed by atoms with Crippen LogP contribution in [-0.4, -0.2) is 34.3 Å². The highest BCUT2D eigenvalue weighted by Crippen LogP contribution is 2.24. The van der Waals surface area contributed by atoms with E-state index in [4.69, 9.17) is 21.1 Å². The molecule has 0 atom stereocenters. The number of carbonyl (C=O) groups is 1. The van der Waals surface area contributed by atoms with Crippen molar-refractivity contribution in [2.24, 2.45) is 0 Å². The minimum Gasteiger partial charge on any atom is -0.497 e. The number of rotatable bonds is 9. The van der Waals surface area contributed by atoms with Gasteiger partial charge in [0.15, 0.2) is 6.61 Å². The van der Waals surface area contributed by atoms with E-state index in [0.717, 1.165) is 11.8 Å². The Labute approximate surface area is 192 Å². The van der Waals surface area contributed by atoms with Crippen LogP contribution in [0.15, 0.2) is 72.8 Å². The number of hydrogen-bond donors (Lipinski definition) is 1. The fraction of sp³-hybridized carbons (Fsp3) is 0.174. The predicted octanol–water partition coefficient (Wildman–Crippen LogP) is 4.33. The molecular formula is C23H23ClN2O5S. The van der Waals surface area contributed by atoms with Crippen molar-refractivity contribution in [3.05, 3.63) is 83.4 Å². The van der Waals surface area contributed by atoms with Gasteiger partial charge in [0, 0.05) is 10.7 Å². The molecule has 3 aromatic rings. The van der Waals surface area contributed by atoms with E-state index < -0.39 is 10.0 Å². The van der Waals surface area contributed by atoms with Crippen molar-refractivity contribution in [1.82, 2.24) is 0 Å². The van der Waals surface area contributed by atoms with E-state index in [1.165, 1.54) is 4.31 Å². The van der Waals surface area contributed by atoms with Crippen molar-refractivity contribution in [2.75, 3.05) is 29.6 Å². The van der Waals surface area contributed by atoms with Crippen molar-refractivity contribution in [1.29, 1.82) is 0 Å². The van der Waals surface area contributed by atoms with Crippen molar-refractivity contribution in [3.8, 4) is 11.5 Å². The van der Waals surface area contributed by atoms with Crippen molar-refractivity contribution in [2.45, 2.75) is 6.54 Å². The van der Waals surface area contributed by atoms with Gasteiger partial charge < -0.3 is 14.8 Å². The van der Waals surface area contributed by atoms with Crippen LogP contribution in [0.25, 0.3) is 0 Å². The summed E-state index contributed by atoms with van der Waals surface area (Å²) in [5.74, 6) is 0.817. The molecule has 0 saturated carbocycles. The number of nitrogens with one attached hydrogen (secondary N) is 1. The Balaban J connectivity index is 1.61. The van der Waals surface area contributed by atoms with Gasteiger partial charge in [-0.3, -0.25) is 9.10 Å². The maximum atomic E-state index is 12.3. The molecule has 1 amide bonds. The fourth-order valence-electron chi connectivity index (χ4n) is 2.88. The highest BCUT2D eigenvalue weighted by molar-refractivity contribution is 7.92. The minimum absolute atomic E-state index is 0.167. The number of nitrogens with zero attached hydrogens (tertiary/aromatic N) is 1. The van der Waals surface area contributed by atoms with Crippen molar-refractivity contribution >= 4 is 38.9 Å². The van der Waals surface area contributed by atoms with Gasteiger partial charge in [0.2, 0.25) is 10.0 Å². The largest absolute Gasteiger partial charge is 0.497 e. The van der Waals surface area contributed by atoms with Crippen LogP contribution in [0, 0.1) is 0 Å². The molecule has 0 aliphatic carbocycles. The molecule has 0 unspecified atom stereocenters. The second-order valence-electron chi connectivity index (χ2n) is 6.96. The molecule has 3 aromatic carbocycles. The van der Waals surface area contributed by atoms with Gasteiger partial charge in [0.05, 0.1) is 25.6 Å². The van der Waals surface area contributed by atoms with Gasteiger partial charge in [0.1, 0.15) is 11.5 Å². The zero-order valence-corrected chi connectivity index (χ0v) is 19.2. The Hall–Kier alpha value is -3.23. The normalized spacial score (nSPS) is 11.0. The molecule has 0 spiro atoms. The van der Waals surface area contributed by atoms with Gasteiger partial charge in [-0.1, -0.05) is 23.7 Å². The van der Waals surface area contributed by atoms with Crippen LogP contribution < -0.4 is 19.1 Å². The lowest BCUT2D eigenvalue weighted by molar-refractivity contribution is -0.118. The summed E-state index contributed by atoms with van der Waals surface area (Å²) in [7, 11) is -1.95. The molecule has 0 saturated heterocycles. The number of benzene rings is 3. The number of amides is 1. The van der Waals surface area contributed by atoms with Crippen LogP contribution in [0.5, 0.6) is 11.5 Å². The molecule has 0 aliphatic rings. The number of methoxy groups -OCH3 is 1. The topological polar surface area (TPSA) is 84.9 Å². The number of halogens is 1. The number of ether oxygens (including phenoxy) is 2. The first-order valence-corrected chi connectivity index (χ1v) is 11.9. The second kappa shape index (κ2) is 10.4. The number of sulfonamides is 1. The Morgan fingerprint density at radius 2 is 1.53 bits per heavy atom. The average molecular weight is 475 g/mol. The van der Waals surface area contributed by atoms with Crippen LogP contribution in [0.1, 0.15) is 5.56 Å². The maximum Gasteiger partial charge on any atom is 0.262 e. The van der Waals surface area contributed by atoms with Crippen molar-refractivity contribution < 1.29 is 22.7 Å². The third-order valence-electron chi connectivity index (χ3n) is 4.51. The first kappa shape index (κ1) is 23.4. The summed E-state index contributed by atoms with van der Waals surface area (Å²) in [6.45, 7) is -0.0214. The Morgan fingerprint density at radius 1 is 0.938 bits per heavy atom. The molecule has 0 aromatic heterocycles. The summed E-state index contributed by atoms with van der Waals surface area (Å²) >= 11 is 5.90. The molecule has 7 nitrogen and oxygen atoms in total. The molecule has 3 rings (SSSR count). The van der Waals surface area contributed by atoms with Crippen LogP contribution >= 0.6 is 11.6 Å². The van der Waals surface area contributed by atoms with E-state index in [1.807, 2.05) is 0 Å². The van der Waals surface area contributed by atoms with E-state index in [1.54, 1.807) is 79.9 Å². The predicted molar refractivity (Wildman–Crippen MR) is 126 cm³/mol. The van der Waals surface area contributed by atoms with Crippen LogP contribution in [0.2, 0.25) is 5.02 Å². The summed E-state index contributed by atoms with van der Waals surface area (Å²) in [6.07, 6.45) is 1.15. The maximum absolute atomic E-state index is 12.3. The van der Waals surface area contributed by atoms with E-state index >= 15 is 0 Å². The van der Waals surface area contributed by atoms with Crippen LogP contribution in [0.4, 0.5) is 11.4 Å². The molecule has 9 heteroatoms. The van der Waals surface area contributed by atoms with E-state index in [2.05, 4.69) is 5.32 Å². The summed E-state index contributed by atoms with van der Waals surface area (Å²) in [5.41, 5.74) is 1.91.